The van der Waals surface area contributed by atoms with E-state index in [0.717, 1.165) is 11.3 Å². The highest BCUT2D eigenvalue weighted by Crippen LogP contribution is 2.20. The van der Waals surface area contributed by atoms with Crippen LogP contribution in [0.1, 0.15) is 29.7 Å². The van der Waals surface area contributed by atoms with E-state index < -0.39 is 0 Å². The lowest BCUT2D eigenvalue weighted by molar-refractivity contribution is 0.722. The third-order valence-electron chi connectivity index (χ3n) is 3.37. The fraction of sp³-hybridized carbons (Fsp3) is 0.235. The summed E-state index contributed by atoms with van der Waals surface area (Å²) < 4.78 is 0. The van der Waals surface area contributed by atoms with Crippen molar-refractivity contribution in [1.82, 2.24) is 5.32 Å². The van der Waals surface area contributed by atoms with Crippen LogP contribution in [-0.2, 0) is 0 Å². The van der Waals surface area contributed by atoms with Crippen molar-refractivity contribution in [1.29, 1.82) is 0 Å². The molecule has 0 bridgehead atoms. The summed E-state index contributed by atoms with van der Waals surface area (Å²) in [4.78, 5) is 0. The van der Waals surface area contributed by atoms with Crippen molar-refractivity contribution in [3.05, 3.63) is 64.2 Å². The number of aryl methyl sites for hydroxylation is 2. The molecular weight excluding hydrogens is 300 g/mol. The normalized spacial score (nSPS) is 11.8. The highest BCUT2D eigenvalue weighted by molar-refractivity contribution is 7.80. The fourth-order valence-electron chi connectivity index (χ4n) is 2.02. The Morgan fingerprint density at radius 3 is 2.43 bits per heavy atom. The van der Waals surface area contributed by atoms with E-state index in [-0.39, 0.29) is 6.04 Å². The van der Waals surface area contributed by atoms with E-state index in [1.54, 1.807) is 0 Å². The predicted octanol–water partition coefficient (Wildman–Crippen LogP) is 5.00. The minimum atomic E-state index is 0.144. The van der Waals surface area contributed by atoms with E-state index in [4.69, 9.17) is 23.8 Å². The van der Waals surface area contributed by atoms with Crippen LogP contribution in [0.2, 0.25) is 5.02 Å². The SMILES string of the molecule is Cc1ccc(C(C)NC(=S)Nc2cc(Cl)ccc2C)cc1. The smallest absolute Gasteiger partial charge is 0.171 e. The van der Waals surface area contributed by atoms with Gasteiger partial charge in [-0.05, 0) is 56.2 Å². The lowest BCUT2D eigenvalue weighted by Crippen LogP contribution is -2.31. The second-order valence-electron chi connectivity index (χ2n) is 5.19. The molecule has 2 rings (SSSR count). The van der Waals surface area contributed by atoms with Crippen molar-refractivity contribution in [3.63, 3.8) is 0 Å². The third-order valence-corrected chi connectivity index (χ3v) is 3.83. The van der Waals surface area contributed by atoms with E-state index in [2.05, 4.69) is 48.7 Å². The van der Waals surface area contributed by atoms with Gasteiger partial charge in [0.2, 0.25) is 0 Å². The van der Waals surface area contributed by atoms with Gasteiger partial charge in [0, 0.05) is 10.7 Å². The fourth-order valence-corrected chi connectivity index (χ4v) is 2.48. The Hall–Kier alpha value is -1.58. The van der Waals surface area contributed by atoms with Crippen molar-refractivity contribution >= 4 is 34.6 Å². The first-order valence-electron chi connectivity index (χ1n) is 6.86. The average molecular weight is 319 g/mol. The maximum atomic E-state index is 6.01. The molecule has 2 aromatic rings. The summed E-state index contributed by atoms with van der Waals surface area (Å²) >= 11 is 11.4. The number of hydrogen-bond acceptors (Lipinski definition) is 1. The first-order chi connectivity index (χ1) is 9.95. The molecule has 0 spiro atoms. The summed E-state index contributed by atoms with van der Waals surface area (Å²) in [5.41, 5.74) is 4.48. The van der Waals surface area contributed by atoms with Gasteiger partial charge in [0.05, 0.1) is 6.04 Å². The lowest BCUT2D eigenvalue weighted by Gasteiger charge is -2.18. The lowest BCUT2D eigenvalue weighted by atomic mass is 10.1. The molecule has 0 aromatic heterocycles. The summed E-state index contributed by atoms with van der Waals surface area (Å²) in [6.45, 7) is 6.18. The molecule has 0 aliphatic carbocycles. The number of anilines is 1. The topological polar surface area (TPSA) is 24.1 Å². The van der Waals surface area contributed by atoms with Crippen LogP contribution in [0.4, 0.5) is 5.69 Å². The Balaban J connectivity index is 2.01. The van der Waals surface area contributed by atoms with Gasteiger partial charge in [-0.25, -0.2) is 0 Å². The van der Waals surface area contributed by atoms with Gasteiger partial charge in [-0.2, -0.15) is 0 Å². The van der Waals surface area contributed by atoms with E-state index in [1.165, 1.54) is 11.1 Å². The van der Waals surface area contributed by atoms with Crippen molar-refractivity contribution in [3.8, 4) is 0 Å². The van der Waals surface area contributed by atoms with Crippen LogP contribution in [0, 0.1) is 13.8 Å². The largest absolute Gasteiger partial charge is 0.356 e. The second kappa shape index (κ2) is 6.92. The highest BCUT2D eigenvalue weighted by atomic mass is 35.5. The number of nitrogens with one attached hydrogen (secondary N) is 2. The maximum absolute atomic E-state index is 6.01. The number of thiocarbonyl (C=S) groups is 1. The van der Waals surface area contributed by atoms with Crippen LogP contribution in [-0.4, -0.2) is 5.11 Å². The van der Waals surface area contributed by atoms with Crippen LogP contribution in [0.15, 0.2) is 42.5 Å². The average Bonchev–Trinajstić information content (AvgIpc) is 2.43. The summed E-state index contributed by atoms with van der Waals surface area (Å²) in [5.74, 6) is 0. The standard InChI is InChI=1S/C17H19ClN2S/c1-11-4-7-14(8-5-11)13(3)19-17(21)20-16-10-15(18)9-6-12(16)2/h4-10,13H,1-3H3,(H2,19,20,21). The van der Waals surface area contributed by atoms with Crippen molar-refractivity contribution in [2.24, 2.45) is 0 Å². The van der Waals surface area contributed by atoms with Crippen LogP contribution in [0.25, 0.3) is 0 Å². The van der Waals surface area contributed by atoms with Crippen molar-refractivity contribution in [2.45, 2.75) is 26.8 Å². The molecule has 0 fully saturated rings. The van der Waals surface area contributed by atoms with E-state index in [0.29, 0.717) is 10.1 Å². The zero-order valence-corrected chi connectivity index (χ0v) is 14.0. The minimum Gasteiger partial charge on any atom is -0.356 e. The molecule has 2 aromatic carbocycles. The first kappa shape index (κ1) is 15.8. The van der Waals surface area contributed by atoms with Gasteiger partial charge in [0.25, 0.3) is 0 Å². The molecule has 2 nitrogen and oxygen atoms in total. The number of hydrogen-bond donors (Lipinski definition) is 2. The Bertz CT molecular complexity index is 638. The van der Waals surface area contributed by atoms with Crippen LogP contribution >= 0.6 is 23.8 Å². The number of rotatable bonds is 3. The minimum absolute atomic E-state index is 0.144. The molecule has 0 saturated heterocycles. The molecule has 0 heterocycles. The van der Waals surface area contributed by atoms with Gasteiger partial charge < -0.3 is 10.6 Å². The molecule has 1 atom stereocenters. The molecule has 110 valence electrons. The van der Waals surface area contributed by atoms with E-state index >= 15 is 0 Å². The van der Waals surface area contributed by atoms with Gasteiger partial charge in [0.15, 0.2) is 5.11 Å². The van der Waals surface area contributed by atoms with Gasteiger partial charge in [-0.3, -0.25) is 0 Å². The van der Waals surface area contributed by atoms with E-state index in [9.17, 15) is 0 Å². The van der Waals surface area contributed by atoms with Gasteiger partial charge in [-0.1, -0.05) is 47.5 Å². The zero-order valence-electron chi connectivity index (χ0n) is 12.4. The molecule has 2 N–H and O–H groups in total. The molecule has 0 aliphatic heterocycles. The first-order valence-corrected chi connectivity index (χ1v) is 7.64. The van der Waals surface area contributed by atoms with Gasteiger partial charge >= 0.3 is 0 Å². The highest BCUT2D eigenvalue weighted by Gasteiger charge is 2.08. The molecule has 4 heteroatoms. The molecule has 0 aliphatic rings. The third kappa shape index (κ3) is 4.45. The van der Waals surface area contributed by atoms with Crippen LogP contribution in [0.3, 0.4) is 0 Å². The van der Waals surface area contributed by atoms with E-state index in [1.807, 2.05) is 25.1 Å². The molecule has 21 heavy (non-hydrogen) atoms. The molecule has 0 amide bonds. The zero-order chi connectivity index (χ0) is 15.4. The second-order valence-corrected chi connectivity index (χ2v) is 6.03. The van der Waals surface area contributed by atoms with Crippen molar-refractivity contribution in [2.75, 3.05) is 5.32 Å². The van der Waals surface area contributed by atoms with Gasteiger partial charge in [-0.15, -0.1) is 0 Å². The van der Waals surface area contributed by atoms with Crippen LogP contribution in [0.5, 0.6) is 0 Å². The Kier molecular flexibility index (Phi) is 5.21. The summed E-state index contributed by atoms with van der Waals surface area (Å²) in [7, 11) is 0. The Labute approximate surface area is 136 Å². The molecule has 0 radical (unpaired) electrons. The van der Waals surface area contributed by atoms with Gasteiger partial charge in [0.1, 0.15) is 0 Å². The monoisotopic (exact) mass is 318 g/mol. The Morgan fingerprint density at radius 2 is 1.76 bits per heavy atom. The predicted molar refractivity (Wildman–Crippen MR) is 95.1 cm³/mol. The number of benzene rings is 2. The summed E-state index contributed by atoms with van der Waals surface area (Å²) in [5, 5.41) is 7.77. The number of halogens is 1. The summed E-state index contributed by atoms with van der Waals surface area (Å²) in [6, 6.07) is 14.3. The maximum Gasteiger partial charge on any atom is 0.171 e. The Morgan fingerprint density at radius 1 is 1.10 bits per heavy atom. The molecule has 1 unspecified atom stereocenters. The van der Waals surface area contributed by atoms with Crippen LogP contribution < -0.4 is 10.6 Å². The molecule has 0 saturated carbocycles. The quantitative estimate of drug-likeness (QED) is 0.778. The molecular formula is C17H19ClN2S. The van der Waals surface area contributed by atoms with Crippen molar-refractivity contribution < 1.29 is 0 Å². The summed E-state index contributed by atoms with van der Waals surface area (Å²) in [6.07, 6.45) is 0.